The number of halogens is 1. The van der Waals surface area contributed by atoms with E-state index in [2.05, 4.69) is 21.2 Å². The molecular weight excluding hydrogens is 346 g/mol. The molecule has 0 unspecified atom stereocenters. The molecule has 2 aromatic rings. The molecule has 0 heterocycles. The molecule has 0 spiro atoms. The number of benzene rings is 2. The highest BCUT2D eigenvalue weighted by Gasteiger charge is 2.12. The Labute approximate surface area is 137 Å². The van der Waals surface area contributed by atoms with E-state index in [0.29, 0.717) is 11.3 Å². The van der Waals surface area contributed by atoms with Crippen molar-refractivity contribution in [1.29, 1.82) is 0 Å². The second kappa shape index (κ2) is 7.22. The van der Waals surface area contributed by atoms with Crippen molar-refractivity contribution >= 4 is 33.5 Å². The van der Waals surface area contributed by atoms with Gasteiger partial charge < -0.3 is 10.1 Å². The lowest BCUT2D eigenvalue weighted by atomic mass is 10.1. The molecule has 2 rings (SSSR count). The quantitative estimate of drug-likeness (QED) is 0.841. The maximum Gasteiger partial charge on any atom is 0.338 e. The molecule has 1 N–H and O–H groups in total. The fourth-order valence-corrected chi connectivity index (χ4v) is 2.18. The summed E-state index contributed by atoms with van der Waals surface area (Å²) < 4.78 is 6.01. The van der Waals surface area contributed by atoms with Gasteiger partial charge in [-0.2, -0.15) is 0 Å². The van der Waals surface area contributed by atoms with Crippen molar-refractivity contribution < 1.29 is 14.3 Å². The van der Waals surface area contributed by atoms with Crippen LogP contribution < -0.4 is 5.32 Å². The van der Waals surface area contributed by atoms with Crippen LogP contribution in [0.2, 0.25) is 0 Å². The van der Waals surface area contributed by atoms with Crippen LogP contribution in [0.4, 0.5) is 5.69 Å². The highest BCUT2D eigenvalue weighted by atomic mass is 79.9. The number of amides is 1. The van der Waals surface area contributed by atoms with E-state index in [1.165, 1.54) is 0 Å². The number of rotatable bonds is 4. The van der Waals surface area contributed by atoms with Crippen LogP contribution in [0.15, 0.2) is 46.9 Å². The molecule has 0 aromatic heterocycles. The van der Waals surface area contributed by atoms with E-state index in [9.17, 15) is 9.59 Å². The topological polar surface area (TPSA) is 55.4 Å². The van der Waals surface area contributed by atoms with Gasteiger partial charge >= 0.3 is 5.97 Å². The molecule has 0 atom stereocenters. The van der Waals surface area contributed by atoms with Crippen LogP contribution in [0.3, 0.4) is 0 Å². The summed E-state index contributed by atoms with van der Waals surface area (Å²) in [5.74, 6) is -0.871. The molecule has 5 heteroatoms. The number of carbonyl (C=O) groups excluding carboxylic acids is 2. The summed E-state index contributed by atoms with van der Waals surface area (Å²) in [5, 5.41) is 2.69. The van der Waals surface area contributed by atoms with Crippen LogP contribution in [-0.2, 0) is 9.53 Å². The second-order valence-electron chi connectivity index (χ2n) is 4.90. The fourth-order valence-electron chi connectivity index (χ4n) is 1.93. The summed E-state index contributed by atoms with van der Waals surface area (Å²) in [5.41, 5.74) is 2.96. The van der Waals surface area contributed by atoms with Gasteiger partial charge in [0.1, 0.15) is 0 Å². The highest BCUT2D eigenvalue weighted by Crippen LogP contribution is 2.19. The number of esters is 1. The summed E-state index contributed by atoms with van der Waals surface area (Å²) in [6, 6.07) is 12.6. The number of anilines is 1. The van der Waals surface area contributed by atoms with Crippen molar-refractivity contribution in [2.45, 2.75) is 13.8 Å². The molecule has 1 amide bonds. The maximum absolute atomic E-state index is 11.9. The minimum absolute atomic E-state index is 0.317. The highest BCUT2D eigenvalue weighted by molar-refractivity contribution is 9.10. The summed E-state index contributed by atoms with van der Waals surface area (Å²) in [6.07, 6.45) is 0. The van der Waals surface area contributed by atoms with Gasteiger partial charge in [-0.15, -0.1) is 0 Å². The Hall–Kier alpha value is -2.14. The molecule has 0 saturated heterocycles. The van der Waals surface area contributed by atoms with Gasteiger partial charge in [0.05, 0.1) is 5.56 Å². The minimum Gasteiger partial charge on any atom is -0.452 e. The van der Waals surface area contributed by atoms with Gasteiger partial charge in [0.25, 0.3) is 5.91 Å². The first-order chi connectivity index (χ1) is 10.5. The van der Waals surface area contributed by atoms with Crippen molar-refractivity contribution in [2.75, 3.05) is 11.9 Å². The zero-order valence-electron chi connectivity index (χ0n) is 12.4. The Morgan fingerprint density at radius 1 is 1.09 bits per heavy atom. The van der Waals surface area contributed by atoms with Crippen molar-refractivity contribution in [2.24, 2.45) is 0 Å². The number of aryl methyl sites for hydroxylation is 2. The largest absolute Gasteiger partial charge is 0.452 e. The lowest BCUT2D eigenvalue weighted by Gasteiger charge is -2.09. The van der Waals surface area contributed by atoms with E-state index in [0.717, 1.165) is 15.6 Å². The zero-order chi connectivity index (χ0) is 16.1. The maximum atomic E-state index is 11.9. The molecule has 4 nitrogen and oxygen atoms in total. The van der Waals surface area contributed by atoms with E-state index in [1.807, 2.05) is 38.1 Å². The molecule has 0 bridgehead atoms. The summed E-state index contributed by atoms with van der Waals surface area (Å²) in [4.78, 5) is 23.7. The monoisotopic (exact) mass is 361 g/mol. The average molecular weight is 362 g/mol. The van der Waals surface area contributed by atoms with Crippen LogP contribution in [0, 0.1) is 13.8 Å². The van der Waals surface area contributed by atoms with E-state index >= 15 is 0 Å². The normalized spacial score (nSPS) is 10.1. The molecule has 0 aliphatic heterocycles. The number of carbonyl (C=O) groups is 2. The zero-order valence-corrected chi connectivity index (χ0v) is 13.9. The third-order valence-corrected chi connectivity index (χ3v) is 4.03. The molecule has 0 aliphatic carbocycles. The van der Waals surface area contributed by atoms with E-state index in [1.54, 1.807) is 18.2 Å². The van der Waals surface area contributed by atoms with Crippen LogP contribution >= 0.6 is 15.9 Å². The summed E-state index contributed by atoms with van der Waals surface area (Å²) in [7, 11) is 0. The smallest absolute Gasteiger partial charge is 0.338 e. The molecule has 0 aliphatic rings. The van der Waals surface area contributed by atoms with Gasteiger partial charge in [0, 0.05) is 10.2 Å². The summed E-state index contributed by atoms with van der Waals surface area (Å²) in [6.45, 7) is 3.43. The summed E-state index contributed by atoms with van der Waals surface area (Å²) >= 11 is 3.40. The predicted molar refractivity (Wildman–Crippen MR) is 89.0 cm³/mol. The standard InChI is InChI=1S/C17H16BrNO3/c1-11-5-3-4-6-14(11)17(21)22-10-16(20)19-13-7-8-15(18)12(2)9-13/h3-9H,10H2,1-2H3,(H,19,20). The Morgan fingerprint density at radius 3 is 2.50 bits per heavy atom. The predicted octanol–water partition coefficient (Wildman–Crippen LogP) is 3.86. The van der Waals surface area contributed by atoms with Crippen molar-refractivity contribution in [3.8, 4) is 0 Å². The molecule has 2 aromatic carbocycles. The third kappa shape index (κ3) is 4.18. The Balaban J connectivity index is 1.91. The van der Waals surface area contributed by atoms with Crippen molar-refractivity contribution in [3.63, 3.8) is 0 Å². The van der Waals surface area contributed by atoms with Crippen molar-refractivity contribution in [3.05, 3.63) is 63.6 Å². The molecule has 22 heavy (non-hydrogen) atoms. The van der Waals surface area contributed by atoms with Crippen LogP contribution in [-0.4, -0.2) is 18.5 Å². The Morgan fingerprint density at radius 2 is 1.82 bits per heavy atom. The van der Waals surface area contributed by atoms with Gasteiger partial charge in [0.2, 0.25) is 0 Å². The molecule has 114 valence electrons. The van der Waals surface area contributed by atoms with Gasteiger partial charge in [-0.3, -0.25) is 4.79 Å². The Bertz CT molecular complexity index is 713. The lowest BCUT2D eigenvalue weighted by molar-refractivity contribution is -0.119. The number of hydrogen-bond donors (Lipinski definition) is 1. The number of nitrogens with one attached hydrogen (secondary N) is 1. The average Bonchev–Trinajstić information content (AvgIpc) is 2.49. The first-order valence-corrected chi connectivity index (χ1v) is 7.55. The van der Waals surface area contributed by atoms with E-state index < -0.39 is 5.97 Å². The van der Waals surface area contributed by atoms with Gasteiger partial charge in [-0.05, 0) is 49.2 Å². The van der Waals surface area contributed by atoms with Crippen LogP contribution in [0.5, 0.6) is 0 Å². The second-order valence-corrected chi connectivity index (χ2v) is 5.76. The molecule has 0 fully saturated rings. The fraction of sp³-hybridized carbons (Fsp3) is 0.176. The molecule has 0 saturated carbocycles. The number of hydrogen-bond acceptors (Lipinski definition) is 3. The first-order valence-electron chi connectivity index (χ1n) is 6.76. The first kappa shape index (κ1) is 16.2. The van der Waals surface area contributed by atoms with Crippen LogP contribution in [0.1, 0.15) is 21.5 Å². The molecule has 0 radical (unpaired) electrons. The Kier molecular flexibility index (Phi) is 5.33. The van der Waals surface area contributed by atoms with E-state index in [4.69, 9.17) is 4.74 Å². The SMILES string of the molecule is Cc1cc(NC(=O)COC(=O)c2ccccc2C)ccc1Br. The van der Waals surface area contributed by atoms with Crippen LogP contribution in [0.25, 0.3) is 0 Å². The minimum atomic E-state index is -0.500. The third-order valence-electron chi connectivity index (χ3n) is 3.14. The lowest BCUT2D eigenvalue weighted by Crippen LogP contribution is -2.21. The van der Waals surface area contributed by atoms with E-state index in [-0.39, 0.29) is 12.5 Å². The van der Waals surface area contributed by atoms with Crippen molar-refractivity contribution in [1.82, 2.24) is 0 Å². The van der Waals surface area contributed by atoms with Gasteiger partial charge in [-0.1, -0.05) is 34.1 Å². The van der Waals surface area contributed by atoms with Gasteiger partial charge in [-0.25, -0.2) is 4.79 Å². The van der Waals surface area contributed by atoms with Gasteiger partial charge in [0.15, 0.2) is 6.61 Å². The number of ether oxygens (including phenoxy) is 1. The molecular formula is C17H16BrNO3.